The minimum atomic E-state index is 0.849. The number of hydrogen-bond donors (Lipinski definition) is 0. The van der Waals surface area contributed by atoms with Crippen molar-refractivity contribution in [3.05, 3.63) is 47.8 Å². The van der Waals surface area contributed by atoms with E-state index in [1.807, 2.05) is 36.0 Å². The zero-order valence-corrected chi connectivity index (χ0v) is 9.53. The van der Waals surface area contributed by atoms with Gasteiger partial charge >= 0.3 is 0 Å². The van der Waals surface area contributed by atoms with E-state index in [-0.39, 0.29) is 0 Å². The Kier molecular flexibility index (Phi) is 2.68. The lowest BCUT2D eigenvalue weighted by Gasteiger charge is -2.06. The van der Waals surface area contributed by atoms with Crippen molar-refractivity contribution in [3.8, 4) is 5.69 Å². The lowest BCUT2D eigenvalue weighted by Crippen LogP contribution is -1.98. The topological polar surface area (TPSA) is 17.8 Å². The lowest BCUT2D eigenvalue weighted by molar-refractivity contribution is 0.855. The van der Waals surface area contributed by atoms with Gasteiger partial charge in [-0.05, 0) is 24.6 Å². The van der Waals surface area contributed by atoms with Crippen molar-refractivity contribution in [3.63, 3.8) is 0 Å². The summed E-state index contributed by atoms with van der Waals surface area (Å²) in [6.07, 6.45) is 1.98. The van der Waals surface area contributed by atoms with Crippen molar-refractivity contribution in [2.45, 2.75) is 12.3 Å². The Balaban J connectivity index is 2.50. The summed E-state index contributed by atoms with van der Waals surface area (Å²) in [4.78, 5) is 0. The van der Waals surface area contributed by atoms with Crippen molar-refractivity contribution in [2.75, 3.05) is 0 Å². The number of halogens is 1. The average Bonchev–Trinajstić information content (AvgIpc) is 2.65. The molecule has 0 amide bonds. The average molecular weight is 251 g/mol. The van der Waals surface area contributed by atoms with Crippen LogP contribution in [0.4, 0.5) is 0 Å². The largest absolute Gasteiger partial charge is 0.240 e. The molecule has 0 saturated heterocycles. The summed E-state index contributed by atoms with van der Waals surface area (Å²) in [5, 5.41) is 5.23. The fourth-order valence-electron chi connectivity index (χ4n) is 1.40. The maximum atomic E-state index is 4.39. The smallest absolute Gasteiger partial charge is 0.0686 e. The molecule has 0 aliphatic heterocycles. The second kappa shape index (κ2) is 3.96. The highest BCUT2D eigenvalue weighted by Gasteiger charge is 2.02. The predicted octanol–water partition coefficient (Wildman–Crippen LogP) is 3.08. The molecule has 1 aromatic heterocycles. The molecule has 0 fully saturated rings. The van der Waals surface area contributed by atoms with Crippen molar-refractivity contribution in [2.24, 2.45) is 0 Å². The number of hydrogen-bond acceptors (Lipinski definition) is 1. The second-order valence-corrected chi connectivity index (χ2v) is 3.72. The van der Waals surface area contributed by atoms with E-state index in [0.717, 1.165) is 16.7 Å². The van der Waals surface area contributed by atoms with Crippen LogP contribution in [-0.4, -0.2) is 9.78 Å². The molecule has 0 spiro atoms. The number of benzene rings is 1. The minimum Gasteiger partial charge on any atom is -0.240 e. The third-order valence-corrected chi connectivity index (χ3v) is 2.71. The van der Waals surface area contributed by atoms with Gasteiger partial charge in [0.05, 0.1) is 11.4 Å². The number of rotatable bonds is 2. The van der Waals surface area contributed by atoms with Crippen molar-refractivity contribution >= 4 is 15.9 Å². The Labute approximate surface area is 91.7 Å². The van der Waals surface area contributed by atoms with E-state index in [1.165, 1.54) is 5.56 Å². The van der Waals surface area contributed by atoms with Crippen LogP contribution in [-0.2, 0) is 5.33 Å². The van der Waals surface area contributed by atoms with Gasteiger partial charge in [-0.2, -0.15) is 5.10 Å². The van der Waals surface area contributed by atoms with E-state index in [9.17, 15) is 0 Å². The highest BCUT2D eigenvalue weighted by Crippen LogP contribution is 2.16. The number of aryl methyl sites for hydroxylation is 1. The van der Waals surface area contributed by atoms with Crippen LogP contribution in [0.15, 0.2) is 36.5 Å². The zero-order valence-electron chi connectivity index (χ0n) is 7.94. The Morgan fingerprint density at radius 2 is 2.07 bits per heavy atom. The molecule has 0 aliphatic carbocycles. The van der Waals surface area contributed by atoms with Crippen molar-refractivity contribution in [1.29, 1.82) is 0 Å². The SMILES string of the molecule is Cc1ccn(-c2ccccc2CBr)n1. The van der Waals surface area contributed by atoms with Gasteiger partial charge in [0.15, 0.2) is 0 Å². The first kappa shape index (κ1) is 9.46. The maximum Gasteiger partial charge on any atom is 0.0686 e. The van der Waals surface area contributed by atoms with Crippen LogP contribution in [0, 0.1) is 6.92 Å². The van der Waals surface area contributed by atoms with Gasteiger partial charge in [0.2, 0.25) is 0 Å². The molecule has 1 heterocycles. The zero-order chi connectivity index (χ0) is 9.97. The van der Waals surface area contributed by atoms with E-state index in [0.29, 0.717) is 0 Å². The van der Waals surface area contributed by atoms with Crippen LogP contribution >= 0.6 is 15.9 Å². The molecular weight excluding hydrogens is 240 g/mol. The number of aromatic nitrogens is 2. The molecule has 0 saturated carbocycles. The Bertz CT molecular complexity index is 434. The molecule has 1 aromatic carbocycles. The van der Waals surface area contributed by atoms with E-state index < -0.39 is 0 Å². The van der Waals surface area contributed by atoms with Gasteiger partial charge in [-0.1, -0.05) is 34.1 Å². The van der Waals surface area contributed by atoms with Crippen LogP contribution in [0.5, 0.6) is 0 Å². The molecule has 2 rings (SSSR count). The molecule has 0 atom stereocenters. The molecule has 0 N–H and O–H groups in total. The number of nitrogens with zero attached hydrogens (tertiary/aromatic N) is 2. The van der Waals surface area contributed by atoms with E-state index in [4.69, 9.17) is 0 Å². The molecule has 0 unspecified atom stereocenters. The van der Waals surface area contributed by atoms with Gasteiger partial charge in [-0.15, -0.1) is 0 Å². The quantitative estimate of drug-likeness (QED) is 0.750. The molecule has 2 nitrogen and oxygen atoms in total. The van der Waals surface area contributed by atoms with Crippen molar-refractivity contribution < 1.29 is 0 Å². The summed E-state index contributed by atoms with van der Waals surface area (Å²) in [5.41, 5.74) is 3.42. The molecule has 3 heteroatoms. The normalized spacial score (nSPS) is 10.4. The molecule has 2 aromatic rings. The van der Waals surface area contributed by atoms with Crippen LogP contribution in [0.3, 0.4) is 0 Å². The monoisotopic (exact) mass is 250 g/mol. The molecule has 0 bridgehead atoms. The molecule has 0 radical (unpaired) electrons. The summed E-state index contributed by atoms with van der Waals surface area (Å²) in [6, 6.07) is 10.2. The first-order valence-electron chi connectivity index (χ1n) is 4.48. The summed E-state index contributed by atoms with van der Waals surface area (Å²) in [7, 11) is 0. The maximum absolute atomic E-state index is 4.39. The lowest BCUT2D eigenvalue weighted by atomic mass is 10.2. The Hall–Kier alpha value is -1.09. The molecule has 72 valence electrons. The third-order valence-electron chi connectivity index (χ3n) is 2.10. The van der Waals surface area contributed by atoms with Gasteiger partial charge in [0.1, 0.15) is 0 Å². The van der Waals surface area contributed by atoms with Crippen LogP contribution in [0.1, 0.15) is 11.3 Å². The Morgan fingerprint density at radius 3 is 2.71 bits per heavy atom. The van der Waals surface area contributed by atoms with Crippen LogP contribution < -0.4 is 0 Å². The summed E-state index contributed by atoms with van der Waals surface area (Å²) >= 11 is 3.47. The third kappa shape index (κ3) is 1.73. The van der Waals surface area contributed by atoms with Crippen LogP contribution in [0.2, 0.25) is 0 Å². The first-order valence-corrected chi connectivity index (χ1v) is 5.60. The fourth-order valence-corrected chi connectivity index (χ4v) is 1.87. The number of para-hydroxylation sites is 1. The van der Waals surface area contributed by atoms with E-state index >= 15 is 0 Å². The highest BCUT2D eigenvalue weighted by atomic mass is 79.9. The van der Waals surface area contributed by atoms with Crippen LogP contribution in [0.25, 0.3) is 5.69 Å². The predicted molar refractivity (Wildman–Crippen MR) is 60.9 cm³/mol. The summed E-state index contributed by atoms with van der Waals surface area (Å²) < 4.78 is 1.91. The number of alkyl halides is 1. The van der Waals surface area contributed by atoms with E-state index in [2.05, 4.69) is 33.2 Å². The summed E-state index contributed by atoms with van der Waals surface area (Å²) in [5.74, 6) is 0. The summed E-state index contributed by atoms with van der Waals surface area (Å²) in [6.45, 7) is 1.99. The van der Waals surface area contributed by atoms with Gasteiger partial charge < -0.3 is 0 Å². The Morgan fingerprint density at radius 1 is 1.29 bits per heavy atom. The molecule has 0 aliphatic rings. The highest BCUT2D eigenvalue weighted by molar-refractivity contribution is 9.08. The van der Waals surface area contributed by atoms with Gasteiger partial charge in [0, 0.05) is 11.5 Å². The fraction of sp³-hybridized carbons (Fsp3) is 0.182. The van der Waals surface area contributed by atoms with Gasteiger partial charge in [0.25, 0.3) is 0 Å². The molecular formula is C11H11BrN2. The second-order valence-electron chi connectivity index (χ2n) is 3.16. The minimum absolute atomic E-state index is 0.849. The molecule has 14 heavy (non-hydrogen) atoms. The van der Waals surface area contributed by atoms with E-state index in [1.54, 1.807) is 0 Å². The van der Waals surface area contributed by atoms with Crippen molar-refractivity contribution in [1.82, 2.24) is 9.78 Å². The standard InChI is InChI=1S/C11H11BrN2/c1-9-6-7-14(13-9)11-5-3-2-4-10(11)8-12/h2-7H,8H2,1H3. The first-order chi connectivity index (χ1) is 6.81. The van der Waals surface area contributed by atoms with Gasteiger partial charge in [-0.25, -0.2) is 4.68 Å². The van der Waals surface area contributed by atoms with Gasteiger partial charge in [-0.3, -0.25) is 0 Å².